The normalized spacial score (nSPS) is 10.2. The third-order valence-corrected chi connectivity index (χ3v) is 4.11. The Kier molecular flexibility index (Phi) is 5.17. The molecule has 2 rings (SSSR count). The molecule has 0 atom stereocenters. The molecule has 104 valence electrons. The second kappa shape index (κ2) is 6.68. The third-order valence-electron chi connectivity index (χ3n) is 2.36. The fraction of sp³-hybridized carbons (Fsp3) is 0.0833. The summed E-state index contributed by atoms with van der Waals surface area (Å²) in [4.78, 5) is 19.9. The molecule has 0 radical (unpaired) electrons. The highest BCUT2D eigenvalue weighted by atomic mass is 127. The van der Waals surface area contributed by atoms with Gasteiger partial charge in [-0.15, -0.1) is 0 Å². The topological polar surface area (TPSA) is 64.1 Å². The van der Waals surface area contributed by atoms with Gasteiger partial charge >= 0.3 is 0 Å². The zero-order chi connectivity index (χ0) is 14.7. The SMILES string of the molecule is COc1nc(Cl)ncc1C(=O)Nc1c(Br)cccc1I. The third kappa shape index (κ3) is 3.39. The molecular weight excluding hydrogens is 460 g/mol. The number of para-hydroxylation sites is 1. The number of halogens is 3. The number of carbonyl (C=O) groups is 1. The second-order valence-electron chi connectivity index (χ2n) is 3.61. The van der Waals surface area contributed by atoms with Crippen LogP contribution in [0.3, 0.4) is 0 Å². The van der Waals surface area contributed by atoms with E-state index in [2.05, 4.69) is 53.8 Å². The molecule has 1 heterocycles. The number of aromatic nitrogens is 2. The second-order valence-corrected chi connectivity index (χ2v) is 5.97. The Morgan fingerprint density at radius 3 is 2.90 bits per heavy atom. The lowest BCUT2D eigenvalue weighted by atomic mass is 10.2. The predicted molar refractivity (Wildman–Crippen MR) is 88.4 cm³/mol. The number of ether oxygens (including phenoxy) is 1. The maximum atomic E-state index is 12.3. The monoisotopic (exact) mass is 467 g/mol. The molecule has 2 aromatic rings. The van der Waals surface area contributed by atoms with Crippen LogP contribution in [0.4, 0.5) is 5.69 Å². The highest BCUT2D eigenvalue weighted by Gasteiger charge is 2.17. The number of nitrogens with one attached hydrogen (secondary N) is 1. The van der Waals surface area contributed by atoms with E-state index in [1.165, 1.54) is 13.3 Å². The first kappa shape index (κ1) is 15.5. The number of anilines is 1. The minimum absolute atomic E-state index is 0.0221. The Hall–Kier alpha value is -0.930. The number of rotatable bonds is 3. The lowest BCUT2D eigenvalue weighted by Gasteiger charge is -2.11. The average molecular weight is 468 g/mol. The first-order chi connectivity index (χ1) is 9.52. The Bertz CT molecular complexity index is 649. The van der Waals surface area contributed by atoms with Crippen molar-refractivity contribution >= 4 is 61.7 Å². The van der Waals surface area contributed by atoms with Crippen molar-refractivity contribution in [2.45, 2.75) is 0 Å². The average Bonchev–Trinajstić information content (AvgIpc) is 2.42. The van der Waals surface area contributed by atoms with Gasteiger partial charge in [-0.25, -0.2) is 4.98 Å². The Labute approximate surface area is 142 Å². The van der Waals surface area contributed by atoms with Crippen LogP contribution in [0.5, 0.6) is 5.88 Å². The molecular formula is C12H8BrClIN3O2. The molecule has 1 aromatic carbocycles. The van der Waals surface area contributed by atoms with Gasteiger partial charge in [-0.3, -0.25) is 4.79 Å². The summed E-state index contributed by atoms with van der Waals surface area (Å²) in [5.74, 6) is -0.243. The van der Waals surface area contributed by atoms with Gasteiger partial charge in [0.25, 0.3) is 5.91 Å². The van der Waals surface area contributed by atoms with Crippen LogP contribution in [-0.2, 0) is 0 Å². The van der Waals surface area contributed by atoms with Crippen LogP contribution in [0.25, 0.3) is 0 Å². The molecule has 1 aromatic heterocycles. The van der Waals surface area contributed by atoms with Crippen molar-refractivity contribution < 1.29 is 9.53 Å². The molecule has 0 bridgehead atoms. The molecule has 0 saturated heterocycles. The van der Waals surface area contributed by atoms with Crippen LogP contribution in [0.15, 0.2) is 28.9 Å². The number of hydrogen-bond donors (Lipinski definition) is 1. The van der Waals surface area contributed by atoms with Gasteiger partial charge in [0.05, 0.1) is 12.8 Å². The van der Waals surface area contributed by atoms with Gasteiger partial charge in [-0.2, -0.15) is 4.98 Å². The van der Waals surface area contributed by atoms with E-state index in [-0.39, 0.29) is 22.6 Å². The summed E-state index contributed by atoms with van der Waals surface area (Å²) in [6.07, 6.45) is 1.33. The van der Waals surface area contributed by atoms with Crippen molar-refractivity contribution in [2.24, 2.45) is 0 Å². The fourth-order valence-corrected chi connectivity index (χ4v) is 3.05. The van der Waals surface area contributed by atoms with Crippen LogP contribution in [0.1, 0.15) is 10.4 Å². The lowest BCUT2D eigenvalue weighted by molar-refractivity contribution is 0.102. The van der Waals surface area contributed by atoms with E-state index in [1.54, 1.807) is 0 Å². The van der Waals surface area contributed by atoms with Crippen molar-refractivity contribution in [3.63, 3.8) is 0 Å². The van der Waals surface area contributed by atoms with Gasteiger partial charge in [0.1, 0.15) is 5.56 Å². The maximum Gasteiger partial charge on any atom is 0.262 e. The van der Waals surface area contributed by atoms with Gasteiger partial charge in [-0.05, 0) is 62.3 Å². The van der Waals surface area contributed by atoms with Crippen molar-refractivity contribution in [1.29, 1.82) is 0 Å². The molecule has 1 N–H and O–H groups in total. The van der Waals surface area contributed by atoms with E-state index >= 15 is 0 Å². The van der Waals surface area contributed by atoms with E-state index < -0.39 is 0 Å². The summed E-state index contributed by atoms with van der Waals surface area (Å²) in [6, 6.07) is 5.61. The number of hydrogen-bond acceptors (Lipinski definition) is 4. The van der Waals surface area contributed by atoms with E-state index in [4.69, 9.17) is 16.3 Å². The van der Waals surface area contributed by atoms with Crippen LogP contribution in [0, 0.1) is 3.57 Å². The minimum atomic E-state index is -0.372. The van der Waals surface area contributed by atoms with E-state index in [0.717, 1.165) is 8.04 Å². The zero-order valence-electron chi connectivity index (χ0n) is 10.2. The Morgan fingerprint density at radius 1 is 1.50 bits per heavy atom. The summed E-state index contributed by atoms with van der Waals surface area (Å²) >= 11 is 11.2. The van der Waals surface area contributed by atoms with Gasteiger partial charge in [0, 0.05) is 14.2 Å². The van der Waals surface area contributed by atoms with Gasteiger partial charge < -0.3 is 10.1 Å². The number of amides is 1. The number of methoxy groups -OCH3 is 1. The van der Waals surface area contributed by atoms with Crippen LogP contribution in [0.2, 0.25) is 5.28 Å². The molecule has 1 amide bonds. The summed E-state index contributed by atoms with van der Waals surface area (Å²) in [6.45, 7) is 0. The van der Waals surface area contributed by atoms with Crippen molar-refractivity contribution in [1.82, 2.24) is 9.97 Å². The fourth-order valence-electron chi connectivity index (χ4n) is 1.46. The van der Waals surface area contributed by atoms with E-state index in [0.29, 0.717) is 5.69 Å². The molecule has 20 heavy (non-hydrogen) atoms. The molecule has 0 spiro atoms. The minimum Gasteiger partial charge on any atom is -0.480 e. The molecule has 0 saturated carbocycles. The summed E-state index contributed by atoms with van der Waals surface area (Å²) in [7, 11) is 1.41. The number of nitrogens with zero attached hydrogens (tertiary/aromatic N) is 2. The van der Waals surface area contributed by atoms with E-state index in [9.17, 15) is 4.79 Å². The first-order valence-electron chi connectivity index (χ1n) is 5.35. The van der Waals surface area contributed by atoms with Crippen LogP contribution in [-0.4, -0.2) is 23.0 Å². The number of carbonyl (C=O) groups excluding carboxylic acids is 1. The van der Waals surface area contributed by atoms with Crippen LogP contribution < -0.4 is 10.1 Å². The first-order valence-corrected chi connectivity index (χ1v) is 7.59. The zero-order valence-corrected chi connectivity index (χ0v) is 14.7. The lowest BCUT2D eigenvalue weighted by Crippen LogP contribution is -2.15. The largest absolute Gasteiger partial charge is 0.480 e. The van der Waals surface area contributed by atoms with Crippen molar-refractivity contribution in [3.05, 3.63) is 43.3 Å². The van der Waals surface area contributed by atoms with Gasteiger partial charge in [-0.1, -0.05) is 6.07 Å². The Balaban J connectivity index is 2.33. The molecule has 8 heteroatoms. The van der Waals surface area contributed by atoms with Gasteiger partial charge in [0.2, 0.25) is 11.2 Å². The molecule has 0 fully saturated rings. The summed E-state index contributed by atoms with van der Waals surface area (Å²) < 4.78 is 6.72. The Morgan fingerprint density at radius 2 is 2.25 bits per heavy atom. The standard InChI is InChI=1S/C12H8BrClIN3O2/c1-20-11-6(5-16-12(14)18-11)10(19)17-9-7(13)3-2-4-8(9)15/h2-5H,1H3,(H,17,19). The molecule has 0 unspecified atom stereocenters. The summed E-state index contributed by atoms with van der Waals surface area (Å²) in [5.41, 5.74) is 0.888. The predicted octanol–water partition coefficient (Wildman–Crippen LogP) is 3.76. The summed E-state index contributed by atoms with van der Waals surface area (Å²) in [5, 5.41) is 2.81. The van der Waals surface area contributed by atoms with E-state index in [1.807, 2.05) is 18.2 Å². The molecule has 0 aliphatic carbocycles. The highest BCUT2D eigenvalue weighted by Crippen LogP contribution is 2.28. The van der Waals surface area contributed by atoms with Crippen molar-refractivity contribution in [2.75, 3.05) is 12.4 Å². The number of benzene rings is 1. The molecule has 0 aliphatic heterocycles. The maximum absolute atomic E-state index is 12.3. The quantitative estimate of drug-likeness (QED) is 0.551. The van der Waals surface area contributed by atoms with Crippen LogP contribution >= 0.6 is 50.1 Å². The van der Waals surface area contributed by atoms with Gasteiger partial charge in [0.15, 0.2) is 0 Å². The van der Waals surface area contributed by atoms with Crippen molar-refractivity contribution in [3.8, 4) is 5.88 Å². The molecule has 0 aliphatic rings. The smallest absolute Gasteiger partial charge is 0.262 e. The highest BCUT2D eigenvalue weighted by molar-refractivity contribution is 14.1. The molecule has 5 nitrogen and oxygen atoms in total.